The predicted octanol–water partition coefficient (Wildman–Crippen LogP) is 2.14. The van der Waals surface area contributed by atoms with Crippen LogP contribution in [0.3, 0.4) is 0 Å². The van der Waals surface area contributed by atoms with E-state index in [1.165, 1.54) is 0 Å². The molecular weight excluding hydrogens is 150 g/mol. The minimum Gasteiger partial charge on any atom is -0.387 e. The van der Waals surface area contributed by atoms with Crippen LogP contribution in [-0.2, 0) is 0 Å². The van der Waals surface area contributed by atoms with E-state index < -0.39 is 6.10 Å². The Labute approximate surface area is 73.3 Å². The molecule has 1 N–H and O–H groups in total. The van der Waals surface area contributed by atoms with Crippen LogP contribution in [0.5, 0.6) is 0 Å². The van der Waals surface area contributed by atoms with Gasteiger partial charge in [-0.25, -0.2) is 0 Å². The highest BCUT2D eigenvalue weighted by molar-refractivity contribution is 5.20. The fourth-order valence-electron chi connectivity index (χ4n) is 1.25. The molecule has 1 aromatic rings. The summed E-state index contributed by atoms with van der Waals surface area (Å²) >= 11 is 0. The molecule has 0 aromatic carbocycles. The van der Waals surface area contributed by atoms with Gasteiger partial charge in [-0.05, 0) is 38.0 Å². The van der Waals surface area contributed by atoms with Crippen LogP contribution >= 0.6 is 0 Å². The molecule has 66 valence electrons. The van der Waals surface area contributed by atoms with Gasteiger partial charge in [0.2, 0.25) is 0 Å². The number of aromatic nitrogens is 1. The summed E-state index contributed by atoms with van der Waals surface area (Å²) in [5.41, 5.74) is 2.91. The first-order chi connectivity index (χ1) is 5.63. The van der Waals surface area contributed by atoms with E-state index in [1.54, 1.807) is 0 Å². The largest absolute Gasteiger partial charge is 0.387 e. The quantitative estimate of drug-likeness (QED) is 0.728. The van der Waals surface area contributed by atoms with Crippen LogP contribution in [0.25, 0.3) is 0 Å². The number of hydrogen-bond acceptors (Lipinski definition) is 2. The van der Waals surface area contributed by atoms with Crippen molar-refractivity contribution >= 4 is 0 Å². The first kappa shape index (κ1) is 9.20. The van der Waals surface area contributed by atoms with Gasteiger partial charge in [0, 0.05) is 5.69 Å². The molecule has 0 aliphatic carbocycles. The Hall–Kier alpha value is -0.890. The summed E-state index contributed by atoms with van der Waals surface area (Å²) in [5.74, 6) is 0. The molecule has 1 atom stereocenters. The van der Waals surface area contributed by atoms with Crippen molar-refractivity contribution in [3.63, 3.8) is 0 Å². The Morgan fingerprint density at radius 2 is 2.08 bits per heavy atom. The lowest BCUT2D eigenvalue weighted by Crippen LogP contribution is -2.00. The highest BCUT2D eigenvalue weighted by atomic mass is 16.3. The fraction of sp³-hybridized carbons (Fsp3) is 0.500. The Balaban J connectivity index is 3.00. The molecule has 0 unspecified atom stereocenters. The molecule has 0 spiro atoms. The van der Waals surface area contributed by atoms with Crippen molar-refractivity contribution < 1.29 is 5.11 Å². The van der Waals surface area contributed by atoms with E-state index >= 15 is 0 Å². The number of pyridine rings is 1. The summed E-state index contributed by atoms with van der Waals surface area (Å²) in [4.78, 5) is 4.25. The molecule has 0 aliphatic rings. The third-order valence-corrected chi connectivity index (χ3v) is 1.85. The third-order valence-electron chi connectivity index (χ3n) is 1.85. The lowest BCUT2D eigenvalue weighted by atomic mass is 10.1. The van der Waals surface area contributed by atoms with Crippen molar-refractivity contribution in [3.8, 4) is 0 Å². The fourth-order valence-corrected chi connectivity index (χ4v) is 1.25. The SMILES string of the molecule is CC[C@H](O)c1cc(C)cc(C)n1. The van der Waals surface area contributed by atoms with Gasteiger partial charge >= 0.3 is 0 Å². The Morgan fingerprint density at radius 1 is 1.42 bits per heavy atom. The van der Waals surface area contributed by atoms with Crippen LogP contribution in [0.4, 0.5) is 0 Å². The number of nitrogens with zero attached hydrogens (tertiary/aromatic N) is 1. The topological polar surface area (TPSA) is 33.1 Å². The summed E-state index contributed by atoms with van der Waals surface area (Å²) < 4.78 is 0. The van der Waals surface area contributed by atoms with Crippen molar-refractivity contribution in [2.24, 2.45) is 0 Å². The first-order valence-electron chi connectivity index (χ1n) is 4.26. The maximum absolute atomic E-state index is 9.52. The number of aliphatic hydroxyl groups excluding tert-OH is 1. The van der Waals surface area contributed by atoms with E-state index in [2.05, 4.69) is 4.98 Å². The minimum atomic E-state index is -0.413. The van der Waals surface area contributed by atoms with E-state index in [0.29, 0.717) is 0 Å². The number of rotatable bonds is 2. The van der Waals surface area contributed by atoms with Gasteiger partial charge in [0.05, 0.1) is 11.8 Å². The standard InChI is InChI=1S/C10H15NO/c1-4-10(12)9-6-7(2)5-8(3)11-9/h5-6,10,12H,4H2,1-3H3/t10-/m0/s1. The van der Waals surface area contributed by atoms with Gasteiger partial charge in [0.15, 0.2) is 0 Å². The zero-order valence-electron chi connectivity index (χ0n) is 7.83. The predicted molar refractivity (Wildman–Crippen MR) is 49.0 cm³/mol. The molecule has 1 rings (SSSR count). The zero-order valence-corrected chi connectivity index (χ0v) is 7.83. The van der Waals surface area contributed by atoms with Crippen LogP contribution in [0.15, 0.2) is 12.1 Å². The second-order valence-corrected chi connectivity index (χ2v) is 3.13. The van der Waals surface area contributed by atoms with Gasteiger partial charge in [-0.2, -0.15) is 0 Å². The van der Waals surface area contributed by atoms with Crippen molar-refractivity contribution in [2.75, 3.05) is 0 Å². The van der Waals surface area contributed by atoms with E-state index in [-0.39, 0.29) is 0 Å². The molecule has 1 aromatic heterocycles. The van der Waals surface area contributed by atoms with Crippen molar-refractivity contribution in [1.82, 2.24) is 4.98 Å². The summed E-state index contributed by atoms with van der Waals surface area (Å²) in [6.45, 7) is 5.91. The maximum atomic E-state index is 9.52. The molecule has 0 amide bonds. The molecule has 0 fully saturated rings. The summed E-state index contributed by atoms with van der Waals surface area (Å²) in [6, 6.07) is 3.94. The molecule has 0 aliphatic heterocycles. The average Bonchev–Trinajstić information content (AvgIpc) is 2.01. The number of aryl methyl sites for hydroxylation is 2. The van der Waals surface area contributed by atoms with Crippen LogP contribution in [0, 0.1) is 13.8 Å². The summed E-state index contributed by atoms with van der Waals surface area (Å²) in [6.07, 6.45) is 0.305. The Morgan fingerprint density at radius 3 is 2.58 bits per heavy atom. The van der Waals surface area contributed by atoms with E-state index in [9.17, 15) is 5.11 Å². The molecule has 2 nitrogen and oxygen atoms in total. The highest BCUT2D eigenvalue weighted by Crippen LogP contribution is 2.15. The smallest absolute Gasteiger partial charge is 0.0957 e. The molecular formula is C10H15NO. The third kappa shape index (κ3) is 2.05. The Bertz CT molecular complexity index is 250. The Kier molecular flexibility index (Phi) is 2.82. The summed E-state index contributed by atoms with van der Waals surface area (Å²) in [5, 5.41) is 9.52. The second kappa shape index (κ2) is 3.68. The molecule has 0 bridgehead atoms. The number of aliphatic hydroxyl groups is 1. The summed E-state index contributed by atoms with van der Waals surface area (Å²) in [7, 11) is 0. The van der Waals surface area contributed by atoms with Gasteiger partial charge in [0.1, 0.15) is 0 Å². The van der Waals surface area contributed by atoms with Crippen molar-refractivity contribution in [2.45, 2.75) is 33.3 Å². The number of hydrogen-bond donors (Lipinski definition) is 1. The molecule has 12 heavy (non-hydrogen) atoms. The molecule has 1 heterocycles. The normalized spacial score (nSPS) is 13.0. The van der Waals surface area contributed by atoms with Crippen LogP contribution in [0.1, 0.15) is 36.4 Å². The van der Waals surface area contributed by atoms with Crippen LogP contribution in [-0.4, -0.2) is 10.1 Å². The van der Waals surface area contributed by atoms with Gasteiger partial charge in [-0.1, -0.05) is 6.92 Å². The van der Waals surface area contributed by atoms with Crippen LogP contribution < -0.4 is 0 Å². The highest BCUT2D eigenvalue weighted by Gasteiger charge is 2.06. The maximum Gasteiger partial charge on any atom is 0.0957 e. The van der Waals surface area contributed by atoms with Crippen molar-refractivity contribution in [1.29, 1.82) is 0 Å². The zero-order chi connectivity index (χ0) is 9.14. The van der Waals surface area contributed by atoms with Crippen molar-refractivity contribution in [3.05, 3.63) is 29.1 Å². The average molecular weight is 165 g/mol. The molecule has 0 saturated heterocycles. The van der Waals surface area contributed by atoms with Crippen LogP contribution in [0.2, 0.25) is 0 Å². The van der Waals surface area contributed by atoms with E-state index in [4.69, 9.17) is 0 Å². The second-order valence-electron chi connectivity index (χ2n) is 3.13. The lowest BCUT2D eigenvalue weighted by Gasteiger charge is -2.08. The first-order valence-corrected chi connectivity index (χ1v) is 4.26. The lowest BCUT2D eigenvalue weighted by molar-refractivity contribution is 0.168. The molecule has 0 radical (unpaired) electrons. The van der Waals surface area contributed by atoms with E-state index in [0.717, 1.165) is 23.4 Å². The minimum absolute atomic E-state index is 0.413. The monoisotopic (exact) mass is 165 g/mol. The van der Waals surface area contributed by atoms with Gasteiger partial charge < -0.3 is 5.11 Å². The molecule has 2 heteroatoms. The van der Waals surface area contributed by atoms with Gasteiger partial charge in [0.25, 0.3) is 0 Å². The van der Waals surface area contributed by atoms with Gasteiger partial charge in [-0.15, -0.1) is 0 Å². The molecule has 0 saturated carbocycles. The van der Waals surface area contributed by atoms with E-state index in [1.807, 2.05) is 32.9 Å². The van der Waals surface area contributed by atoms with Gasteiger partial charge in [-0.3, -0.25) is 4.98 Å².